The van der Waals surface area contributed by atoms with E-state index in [-0.39, 0.29) is 6.42 Å². The number of nitrogens with zero attached hydrogens (tertiary/aromatic N) is 3. The maximum atomic E-state index is 10.5. The average Bonchev–Trinajstić information content (AvgIpc) is 2.85. The summed E-state index contributed by atoms with van der Waals surface area (Å²) in [7, 11) is 0. The predicted molar refractivity (Wildman–Crippen MR) is 66.0 cm³/mol. The Kier molecular flexibility index (Phi) is 3.65. The fraction of sp³-hybridized carbons (Fsp3) is 0.167. The smallest absolute Gasteiger partial charge is 0.303 e. The van der Waals surface area contributed by atoms with Crippen LogP contribution in [0.15, 0.2) is 24.3 Å². The van der Waals surface area contributed by atoms with Gasteiger partial charge < -0.3 is 5.11 Å². The van der Waals surface area contributed by atoms with Crippen molar-refractivity contribution in [2.75, 3.05) is 0 Å². The van der Waals surface area contributed by atoms with E-state index < -0.39 is 5.97 Å². The number of carboxylic acid groups (broad SMARTS) is 1. The lowest BCUT2D eigenvalue weighted by Crippen LogP contribution is -1.96. The van der Waals surface area contributed by atoms with Crippen molar-refractivity contribution in [3.8, 4) is 16.6 Å². The van der Waals surface area contributed by atoms with Gasteiger partial charge in [-0.3, -0.25) is 4.79 Å². The maximum Gasteiger partial charge on any atom is 0.303 e. The molecule has 0 atom stereocenters. The molecule has 1 aromatic heterocycles. The Labute approximate surface area is 107 Å². The summed E-state index contributed by atoms with van der Waals surface area (Å²) in [5, 5.41) is 26.7. The molecule has 0 radical (unpaired) electrons. The SMILES string of the molecule is N#Cc1cccc(-c2nnc(CCC(=O)O)s2)c1. The molecule has 0 aliphatic rings. The van der Waals surface area contributed by atoms with Crippen LogP contribution in [0.4, 0.5) is 0 Å². The molecule has 1 aromatic carbocycles. The number of carbonyl (C=O) groups is 1. The summed E-state index contributed by atoms with van der Waals surface area (Å²) < 4.78 is 0. The van der Waals surface area contributed by atoms with Gasteiger partial charge in [0.15, 0.2) is 0 Å². The first-order valence-corrected chi connectivity index (χ1v) is 6.05. The molecule has 0 aliphatic heterocycles. The van der Waals surface area contributed by atoms with Crippen molar-refractivity contribution >= 4 is 17.3 Å². The molecule has 0 saturated heterocycles. The second-order valence-corrected chi connectivity index (χ2v) is 4.65. The number of aliphatic carboxylic acids is 1. The van der Waals surface area contributed by atoms with Crippen LogP contribution >= 0.6 is 11.3 Å². The van der Waals surface area contributed by atoms with Gasteiger partial charge in [0.05, 0.1) is 18.1 Å². The van der Waals surface area contributed by atoms with Crippen molar-refractivity contribution in [2.45, 2.75) is 12.8 Å². The minimum Gasteiger partial charge on any atom is -0.481 e. The quantitative estimate of drug-likeness (QED) is 0.908. The van der Waals surface area contributed by atoms with E-state index in [1.54, 1.807) is 18.2 Å². The lowest BCUT2D eigenvalue weighted by molar-refractivity contribution is -0.136. The van der Waals surface area contributed by atoms with E-state index in [0.717, 1.165) is 5.56 Å². The average molecular weight is 259 g/mol. The third-order valence-electron chi connectivity index (χ3n) is 2.26. The number of hydrogen-bond donors (Lipinski definition) is 1. The Hall–Kier alpha value is -2.26. The third-order valence-corrected chi connectivity index (χ3v) is 3.29. The van der Waals surface area contributed by atoms with Gasteiger partial charge in [-0.05, 0) is 12.1 Å². The summed E-state index contributed by atoms with van der Waals surface area (Å²) in [6, 6.07) is 9.15. The van der Waals surface area contributed by atoms with Gasteiger partial charge >= 0.3 is 5.97 Å². The molecule has 0 saturated carbocycles. The first-order chi connectivity index (χ1) is 8.69. The standard InChI is InChI=1S/C12H9N3O2S/c13-7-8-2-1-3-9(6-8)12-15-14-10(18-12)4-5-11(16)17/h1-3,6H,4-5H2,(H,16,17). The highest BCUT2D eigenvalue weighted by molar-refractivity contribution is 7.14. The van der Waals surface area contributed by atoms with Crippen molar-refractivity contribution in [1.29, 1.82) is 5.26 Å². The summed E-state index contributed by atoms with van der Waals surface area (Å²) in [6.45, 7) is 0. The van der Waals surface area contributed by atoms with Crippen molar-refractivity contribution in [2.24, 2.45) is 0 Å². The first-order valence-electron chi connectivity index (χ1n) is 5.24. The second-order valence-electron chi connectivity index (χ2n) is 3.59. The predicted octanol–water partition coefficient (Wildman–Crippen LogP) is 2.09. The summed E-state index contributed by atoms with van der Waals surface area (Å²) in [4.78, 5) is 10.5. The molecular formula is C12H9N3O2S. The number of nitriles is 1. The molecule has 1 heterocycles. The molecule has 2 rings (SSSR count). The largest absolute Gasteiger partial charge is 0.481 e. The molecule has 0 amide bonds. The molecule has 0 unspecified atom stereocenters. The van der Waals surface area contributed by atoms with Crippen LogP contribution < -0.4 is 0 Å². The zero-order chi connectivity index (χ0) is 13.0. The van der Waals surface area contributed by atoms with E-state index >= 15 is 0 Å². The van der Waals surface area contributed by atoms with Gasteiger partial charge in [0.1, 0.15) is 10.0 Å². The van der Waals surface area contributed by atoms with Crippen LogP contribution in [0.5, 0.6) is 0 Å². The number of aryl methyl sites for hydroxylation is 1. The normalized spacial score (nSPS) is 9.94. The lowest BCUT2D eigenvalue weighted by atomic mass is 10.1. The summed E-state index contributed by atoms with van der Waals surface area (Å²) in [5.74, 6) is -0.849. The topological polar surface area (TPSA) is 86.9 Å². The minimum absolute atomic E-state index is 0.0485. The van der Waals surface area contributed by atoms with E-state index in [2.05, 4.69) is 16.3 Å². The molecule has 0 bridgehead atoms. The number of benzene rings is 1. The van der Waals surface area contributed by atoms with Gasteiger partial charge in [0, 0.05) is 12.0 Å². The highest BCUT2D eigenvalue weighted by Crippen LogP contribution is 2.24. The van der Waals surface area contributed by atoms with Crippen LogP contribution in [-0.4, -0.2) is 21.3 Å². The zero-order valence-electron chi connectivity index (χ0n) is 9.33. The molecule has 6 heteroatoms. The summed E-state index contributed by atoms with van der Waals surface area (Å²) in [5.41, 5.74) is 1.39. The number of rotatable bonds is 4. The monoisotopic (exact) mass is 259 g/mol. The molecule has 90 valence electrons. The molecule has 1 N–H and O–H groups in total. The van der Waals surface area contributed by atoms with E-state index in [1.165, 1.54) is 11.3 Å². The van der Waals surface area contributed by atoms with Gasteiger partial charge in [-0.15, -0.1) is 10.2 Å². The number of aromatic nitrogens is 2. The van der Waals surface area contributed by atoms with E-state index in [1.807, 2.05) is 6.07 Å². The van der Waals surface area contributed by atoms with Crippen LogP contribution in [0.25, 0.3) is 10.6 Å². The van der Waals surface area contributed by atoms with Crippen LogP contribution in [0.1, 0.15) is 17.0 Å². The van der Waals surface area contributed by atoms with E-state index in [0.29, 0.717) is 22.0 Å². The van der Waals surface area contributed by atoms with E-state index in [9.17, 15) is 4.79 Å². The molecule has 0 fully saturated rings. The van der Waals surface area contributed by atoms with Gasteiger partial charge in [0.25, 0.3) is 0 Å². The highest BCUT2D eigenvalue weighted by atomic mass is 32.1. The van der Waals surface area contributed by atoms with Gasteiger partial charge in [-0.25, -0.2) is 0 Å². The molecule has 0 spiro atoms. The van der Waals surface area contributed by atoms with Gasteiger partial charge in [-0.2, -0.15) is 5.26 Å². The third kappa shape index (κ3) is 2.90. The van der Waals surface area contributed by atoms with Gasteiger partial charge in [0.2, 0.25) is 0 Å². The molecule has 5 nitrogen and oxygen atoms in total. The fourth-order valence-corrected chi connectivity index (χ4v) is 2.24. The molecule has 0 aliphatic carbocycles. The van der Waals surface area contributed by atoms with Gasteiger partial charge in [-0.1, -0.05) is 23.5 Å². The van der Waals surface area contributed by atoms with Crippen molar-refractivity contribution < 1.29 is 9.90 Å². The molecular weight excluding hydrogens is 250 g/mol. The Morgan fingerprint density at radius 2 is 2.28 bits per heavy atom. The Morgan fingerprint density at radius 3 is 3.00 bits per heavy atom. The maximum absolute atomic E-state index is 10.5. The second kappa shape index (κ2) is 5.38. The van der Waals surface area contributed by atoms with Crippen molar-refractivity contribution in [1.82, 2.24) is 10.2 Å². The summed E-state index contributed by atoms with van der Waals surface area (Å²) >= 11 is 1.35. The fourth-order valence-electron chi connectivity index (χ4n) is 1.41. The van der Waals surface area contributed by atoms with Crippen molar-refractivity contribution in [3.63, 3.8) is 0 Å². The first kappa shape index (κ1) is 12.2. The van der Waals surface area contributed by atoms with Crippen LogP contribution in [-0.2, 0) is 11.2 Å². The Balaban J connectivity index is 2.19. The molecule has 2 aromatic rings. The van der Waals surface area contributed by atoms with Crippen LogP contribution in [0, 0.1) is 11.3 Å². The zero-order valence-corrected chi connectivity index (χ0v) is 10.1. The number of carboxylic acids is 1. The van der Waals surface area contributed by atoms with Crippen molar-refractivity contribution in [3.05, 3.63) is 34.8 Å². The van der Waals surface area contributed by atoms with E-state index in [4.69, 9.17) is 10.4 Å². The Morgan fingerprint density at radius 1 is 1.44 bits per heavy atom. The Bertz CT molecular complexity index is 616. The molecule has 18 heavy (non-hydrogen) atoms. The van der Waals surface area contributed by atoms with Crippen LogP contribution in [0.2, 0.25) is 0 Å². The summed E-state index contributed by atoms with van der Waals surface area (Å²) in [6.07, 6.45) is 0.428. The highest BCUT2D eigenvalue weighted by Gasteiger charge is 2.08. The van der Waals surface area contributed by atoms with Crippen LogP contribution in [0.3, 0.4) is 0 Å². The number of hydrogen-bond acceptors (Lipinski definition) is 5. The minimum atomic E-state index is -0.849. The lowest BCUT2D eigenvalue weighted by Gasteiger charge is -1.94.